The Bertz CT molecular complexity index is 310. The Morgan fingerprint density at radius 3 is 3.00 bits per heavy atom. The molecule has 5 heteroatoms. The molecule has 0 aromatic carbocycles. The normalized spacial score (nSPS) is 12.4. The molecule has 1 unspecified atom stereocenters. The summed E-state index contributed by atoms with van der Waals surface area (Å²) in [4.78, 5) is 12.0. The third-order valence-electron chi connectivity index (χ3n) is 1.75. The molecule has 0 aliphatic heterocycles. The van der Waals surface area contributed by atoms with Gasteiger partial charge in [0.05, 0.1) is 11.8 Å². The predicted octanol–water partition coefficient (Wildman–Crippen LogP) is 0.831. The van der Waals surface area contributed by atoms with E-state index >= 15 is 0 Å². The Hall–Kier alpha value is -1.07. The largest absolute Gasteiger partial charge is 0.397 e. The van der Waals surface area contributed by atoms with Gasteiger partial charge in [0.15, 0.2) is 0 Å². The van der Waals surface area contributed by atoms with Crippen LogP contribution >= 0.6 is 11.3 Å². The van der Waals surface area contributed by atoms with Gasteiger partial charge in [-0.2, -0.15) is 0 Å². The molecule has 1 amide bonds. The minimum Gasteiger partial charge on any atom is -0.397 e. The maximum absolute atomic E-state index is 11.4. The molecule has 0 fully saturated rings. The van der Waals surface area contributed by atoms with Crippen molar-refractivity contribution in [2.24, 2.45) is 0 Å². The van der Waals surface area contributed by atoms with E-state index in [0.717, 1.165) is 0 Å². The first-order chi connectivity index (χ1) is 6.61. The maximum atomic E-state index is 11.4. The van der Waals surface area contributed by atoms with Crippen LogP contribution in [0.2, 0.25) is 0 Å². The number of nitrogens with two attached hydrogens (primary N) is 1. The highest BCUT2D eigenvalue weighted by Crippen LogP contribution is 2.18. The number of rotatable bonds is 4. The fourth-order valence-electron chi connectivity index (χ4n) is 0.979. The van der Waals surface area contributed by atoms with Gasteiger partial charge >= 0.3 is 0 Å². The van der Waals surface area contributed by atoms with Crippen LogP contribution in [0.1, 0.15) is 23.0 Å². The van der Waals surface area contributed by atoms with E-state index in [1.807, 2.05) is 0 Å². The van der Waals surface area contributed by atoms with Gasteiger partial charge in [-0.3, -0.25) is 4.79 Å². The van der Waals surface area contributed by atoms with Crippen molar-refractivity contribution in [3.05, 3.63) is 16.3 Å². The van der Waals surface area contributed by atoms with Crippen molar-refractivity contribution in [2.75, 3.05) is 12.3 Å². The van der Waals surface area contributed by atoms with Crippen molar-refractivity contribution in [3.8, 4) is 0 Å². The summed E-state index contributed by atoms with van der Waals surface area (Å²) in [6.45, 7) is 2.15. The predicted molar refractivity (Wildman–Crippen MR) is 57.4 cm³/mol. The molecule has 0 radical (unpaired) electrons. The molecule has 0 bridgehead atoms. The number of hydrogen-bond acceptors (Lipinski definition) is 4. The summed E-state index contributed by atoms with van der Waals surface area (Å²) in [6.07, 6.45) is 0.160. The lowest BCUT2D eigenvalue weighted by Gasteiger charge is -2.05. The zero-order chi connectivity index (χ0) is 10.6. The van der Waals surface area contributed by atoms with E-state index in [1.165, 1.54) is 11.3 Å². The lowest BCUT2D eigenvalue weighted by atomic mass is 10.3. The molecule has 1 atom stereocenters. The van der Waals surface area contributed by atoms with Crippen LogP contribution in [0.15, 0.2) is 11.4 Å². The van der Waals surface area contributed by atoms with Gasteiger partial charge in [-0.05, 0) is 24.8 Å². The summed E-state index contributed by atoms with van der Waals surface area (Å²) in [5.74, 6) is -0.168. The zero-order valence-electron chi connectivity index (χ0n) is 7.99. The Morgan fingerprint density at radius 1 is 1.79 bits per heavy atom. The molecule has 4 nitrogen and oxygen atoms in total. The van der Waals surface area contributed by atoms with Crippen molar-refractivity contribution in [2.45, 2.75) is 19.4 Å². The molecule has 0 saturated carbocycles. The van der Waals surface area contributed by atoms with Gasteiger partial charge in [0.2, 0.25) is 0 Å². The number of aliphatic hydroxyl groups is 1. The average Bonchev–Trinajstić information content (AvgIpc) is 2.50. The average molecular weight is 214 g/mol. The molecule has 0 aliphatic rings. The first-order valence-corrected chi connectivity index (χ1v) is 5.28. The lowest BCUT2D eigenvalue weighted by molar-refractivity contribution is 0.0950. The smallest absolute Gasteiger partial charge is 0.263 e. The number of aliphatic hydroxyl groups excluding tert-OH is 1. The van der Waals surface area contributed by atoms with Gasteiger partial charge in [-0.15, -0.1) is 11.3 Å². The molecule has 78 valence electrons. The summed E-state index contributed by atoms with van der Waals surface area (Å²) in [7, 11) is 0. The number of anilines is 1. The van der Waals surface area contributed by atoms with Crippen LogP contribution in [0.4, 0.5) is 5.69 Å². The van der Waals surface area contributed by atoms with E-state index in [4.69, 9.17) is 10.8 Å². The van der Waals surface area contributed by atoms with E-state index in [1.54, 1.807) is 18.4 Å². The van der Waals surface area contributed by atoms with Gasteiger partial charge in [-0.1, -0.05) is 0 Å². The molecule has 1 rings (SSSR count). The molecule has 0 spiro atoms. The van der Waals surface area contributed by atoms with Crippen LogP contribution in [-0.4, -0.2) is 23.7 Å². The minimum atomic E-state index is -0.393. The Morgan fingerprint density at radius 2 is 2.50 bits per heavy atom. The van der Waals surface area contributed by atoms with E-state index in [-0.39, 0.29) is 5.91 Å². The molecule has 4 N–H and O–H groups in total. The van der Waals surface area contributed by atoms with Gasteiger partial charge in [0.1, 0.15) is 4.88 Å². The summed E-state index contributed by atoms with van der Waals surface area (Å²) in [6, 6.07) is 1.70. The molecule has 1 aromatic heterocycles. The van der Waals surface area contributed by atoms with Crippen LogP contribution in [0.25, 0.3) is 0 Å². The summed E-state index contributed by atoms with van der Waals surface area (Å²) >= 11 is 1.32. The number of thiophene rings is 1. The monoisotopic (exact) mass is 214 g/mol. The molecule has 1 heterocycles. The van der Waals surface area contributed by atoms with Gasteiger partial charge < -0.3 is 16.2 Å². The topological polar surface area (TPSA) is 75.3 Å². The highest BCUT2D eigenvalue weighted by Gasteiger charge is 2.10. The molecule has 0 saturated heterocycles. The second-order valence-corrected chi connectivity index (χ2v) is 4.01. The number of nitrogen functional groups attached to an aromatic ring is 1. The fraction of sp³-hybridized carbons (Fsp3) is 0.444. The van der Waals surface area contributed by atoms with Crippen molar-refractivity contribution in [1.29, 1.82) is 0 Å². The Kier molecular flexibility index (Phi) is 3.91. The van der Waals surface area contributed by atoms with Crippen molar-refractivity contribution in [1.82, 2.24) is 5.32 Å². The van der Waals surface area contributed by atoms with Crippen molar-refractivity contribution in [3.63, 3.8) is 0 Å². The van der Waals surface area contributed by atoms with Gasteiger partial charge in [-0.25, -0.2) is 0 Å². The maximum Gasteiger partial charge on any atom is 0.263 e. The standard InChI is InChI=1S/C9H14N2O2S/c1-6(12)2-4-11-9(13)8-7(10)3-5-14-8/h3,5-6,12H,2,4,10H2,1H3,(H,11,13). The SMILES string of the molecule is CC(O)CCNC(=O)c1sccc1N. The third-order valence-corrected chi connectivity index (χ3v) is 2.68. The number of hydrogen-bond donors (Lipinski definition) is 3. The Balaban J connectivity index is 2.40. The second kappa shape index (κ2) is 4.97. The van der Waals surface area contributed by atoms with Crippen LogP contribution in [-0.2, 0) is 0 Å². The van der Waals surface area contributed by atoms with Crippen LogP contribution in [0, 0.1) is 0 Å². The summed E-state index contributed by atoms with van der Waals surface area (Å²) in [5.41, 5.74) is 6.08. The molecule has 14 heavy (non-hydrogen) atoms. The number of amides is 1. The van der Waals surface area contributed by atoms with Crippen molar-refractivity contribution >= 4 is 22.9 Å². The highest BCUT2D eigenvalue weighted by molar-refractivity contribution is 7.12. The minimum absolute atomic E-state index is 0.168. The van der Waals surface area contributed by atoms with Gasteiger partial charge in [0, 0.05) is 6.54 Å². The highest BCUT2D eigenvalue weighted by atomic mass is 32.1. The Labute approximate surface area is 86.7 Å². The molecular weight excluding hydrogens is 200 g/mol. The number of carbonyl (C=O) groups is 1. The van der Waals surface area contributed by atoms with Gasteiger partial charge in [0.25, 0.3) is 5.91 Å². The fourth-order valence-corrected chi connectivity index (χ4v) is 1.71. The summed E-state index contributed by atoms with van der Waals surface area (Å²) in [5, 5.41) is 13.4. The first-order valence-electron chi connectivity index (χ1n) is 4.40. The summed E-state index contributed by atoms with van der Waals surface area (Å²) < 4.78 is 0. The van der Waals surface area contributed by atoms with E-state index in [2.05, 4.69) is 5.32 Å². The van der Waals surface area contributed by atoms with E-state index in [0.29, 0.717) is 23.5 Å². The zero-order valence-corrected chi connectivity index (χ0v) is 8.80. The number of carbonyl (C=O) groups excluding carboxylic acids is 1. The van der Waals surface area contributed by atoms with Crippen molar-refractivity contribution < 1.29 is 9.90 Å². The van der Waals surface area contributed by atoms with Crippen LogP contribution < -0.4 is 11.1 Å². The number of nitrogens with one attached hydrogen (secondary N) is 1. The first kappa shape index (κ1) is 11.0. The van der Waals surface area contributed by atoms with E-state index < -0.39 is 6.10 Å². The lowest BCUT2D eigenvalue weighted by Crippen LogP contribution is -2.26. The van der Waals surface area contributed by atoms with E-state index in [9.17, 15) is 4.79 Å². The molecule has 0 aliphatic carbocycles. The molecule has 1 aromatic rings. The van der Waals surface area contributed by atoms with Crippen LogP contribution in [0.5, 0.6) is 0 Å². The van der Waals surface area contributed by atoms with Crippen LogP contribution in [0.3, 0.4) is 0 Å². The second-order valence-electron chi connectivity index (χ2n) is 3.10. The quantitative estimate of drug-likeness (QED) is 0.695. The molecular formula is C9H14N2O2S. The third kappa shape index (κ3) is 3.01.